The second-order valence-corrected chi connectivity index (χ2v) is 10.8. The van der Waals surface area contributed by atoms with Gasteiger partial charge in [0.15, 0.2) is 0 Å². The Morgan fingerprint density at radius 1 is 1.11 bits per heavy atom. The average molecular weight is 186 g/mol. The fourth-order valence-electron chi connectivity index (χ4n) is 1.14. The molecular weight excluding hydrogens is 169 g/mol. The summed E-state index contributed by atoms with van der Waals surface area (Å²) in [7, 11) is 0. The van der Waals surface area contributed by atoms with E-state index in [9.17, 15) is 0 Å². The van der Waals surface area contributed by atoms with Gasteiger partial charge in [-0.1, -0.05) is 0 Å². The molecule has 0 aromatic rings. The monoisotopic (exact) mass is 187 g/mol. The maximum atomic E-state index is 3.88. The number of rotatable bonds is 2. The van der Waals surface area contributed by atoms with E-state index >= 15 is 0 Å². The minimum absolute atomic E-state index is 0.852. The van der Waals surface area contributed by atoms with E-state index in [0.717, 1.165) is 9.50 Å². The molecule has 0 atom stereocenters. The van der Waals surface area contributed by atoms with Gasteiger partial charge >= 0.3 is 62.9 Å². The Hall–Kier alpha value is 0.413. The van der Waals surface area contributed by atoms with E-state index in [1.807, 2.05) is 0 Å². The Morgan fingerprint density at radius 3 is 1.44 bits per heavy atom. The maximum absolute atomic E-state index is 3.88. The van der Waals surface area contributed by atoms with Gasteiger partial charge in [0, 0.05) is 0 Å². The quantitative estimate of drug-likeness (QED) is 0.581. The fraction of sp³-hybridized carbons (Fsp3) is 0.750. The molecule has 0 bridgehead atoms. The molecule has 0 fully saturated rings. The first-order chi connectivity index (χ1) is 4.09. The third kappa shape index (κ3) is 3.19. The van der Waals surface area contributed by atoms with E-state index < -0.39 is 13.9 Å². The molecule has 1 radical (unpaired) electrons. The summed E-state index contributed by atoms with van der Waals surface area (Å²) in [6.45, 7) is 13.1. The van der Waals surface area contributed by atoms with E-state index in [2.05, 4.69) is 39.5 Å². The molecule has 53 valence electrons. The van der Waals surface area contributed by atoms with Crippen LogP contribution in [0.15, 0.2) is 0 Å². The van der Waals surface area contributed by atoms with Crippen LogP contribution in [0.5, 0.6) is 0 Å². The van der Waals surface area contributed by atoms with Crippen molar-refractivity contribution in [2.75, 3.05) is 0 Å². The summed E-state index contributed by atoms with van der Waals surface area (Å²) in [6, 6.07) is 0. The van der Waals surface area contributed by atoms with E-state index in [4.69, 9.17) is 0 Å². The van der Waals surface area contributed by atoms with Gasteiger partial charge in [0.2, 0.25) is 0 Å². The van der Waals surface area contributed by atoms with Crippen LogP contribution in [0, 0.1) is 6.92 Å². The van der Waals surface area contributed by atoms with Crippen molar-refractivity contribution in [2.24, 2.45) is 0 Å². The zero-order valence-corrected chi connectivity index (χ0v) is 9.04. The summed E-state index contributed by atoms with van der Waals surface area (Å²) in [5, 5.41) is 0. The third-order valence-electron chi connectivity index (χ3n) is 1.57. The van der Waals surface area contributed by atoms with E-state index in [1.165, 1.54) is 0 Å². The first kappa shape index (κ1) is 9.41. The Labute approximate surface area is 63.3 Å². The van der Waals surface area contributed by atoms with Crippen LogP contribution in [-0.4, -0.2) is 18.8 Å². The molecule has 0 saturated heterocycles. The van der Waals surface area contributed by atoms with Crippen molar-refractivity contribution in [1.82, 2.24) is 0 Å². The van der Waals surface area contributed by atoms with Gasteiger partial charge < -0.3 is 0 Å². The molecule has 0 aliphatic carbocycles. The average Bonchev–Trinajstić information content (AvgIpc) is 1.64. The van der Waals surface area contributed by atoms with E-state index in [1.54, 1.807) is 0 Å². The summed E-state index contributed by atoms with van der Waals surface area (Å²) in [5.74, 6) is 0. The fourth-order valence-corrected chi connectivity index (χ4v) is 5.91. The predicted molar refractivity (Wildman–Crippen MR) is 47.4 cm³/mol. The molecule has 0 unspecified atom stereocenters. The summed E-state index contributed by atoms with van der Waals surface area (Å²) in [4.78, 5) is 2.23. The van der Waals surface area contributed by atoms with Crippen molar-refractivity contribution in [3.05, 3.63) is 6.92 Å². The molecule has 0 nitrogen and oxygen atoms in total. The van der Waals surface area contributed by atoms with Gasteiger partial charge in [-0.3, -0.25) is 0 Å². The van der Waals surface area contributed by atoms with Gasteiger partial charge in [0.25, 0.3) is 0 Å². The van der Waals surface area contributed by atoms with Crippen molar-refractivity contribution in [1.29, 1.82) is 0 Å². The van der Waals surface area contributed by atoms with E-state index in [0.29, 0.717) is 0 Å². The molecule has 0 aliphatic heterocycles. The van der Waals surface area contributed by atoms with Gasteiger partial charge in [0.1, 0.15) is 0 Å². The predicted octanol–water partition coefficient (Wildman–Crippen LogP) is 2.52. The molecule has 9 heavy (non-hydrogen) atoms. The summed E-state index contributed by atoms with van der Waals surface area (Å²) in [6.07, 6.45) is 0. The normalized spacial score (nSPS) is 10.6. The molecule has 0 aliphatic rings. The molecular formula is C8H17Ge. The van der Waals surface area contributed by atoms with Crippen molar-refractivity contribution in [2.45, 2.75) is 37.2 Å². The van der Waals surface area contributed by atoms with Crippen LogP contribution in [0.3, 0.4) is 0 Å². The molecule has 0 aromatic heterocycles. The van der Waals surface area contributed by atoms with Crippen molar-refractivity contribution in [3.8, 4) is 0 Å². The van der Waals surface area contributed by atoms with Gasteiger partial charge in [-0.05, 0) is 0 Å². The van der Waals surface area contributed by atoms with Gasteiger partial charge in [-0.25, -0.2) is 0 Å². The van der Waals surface area contributed by atoms with Gasteiger partial charge in [-0.15, -0.1) is 0 Å². The molecule has 0 spiro atoms. The van der Waals surface area contributed by atoms with Crippen LogP contribution in [-0.2, 0) is 0 Å². The van der Waals surface area contributed by atoms with Crippen LogP contribution in [0.2, 0.25) is 9.50 Å². The van der Waals surface area contributed by atoms with Crippen LogP contribution in [0.1, 0.15) is 27.7 Å². The second kappa shape index (κ2) is 4.26. The molecule has 0 aromatic carbocycles. The Balaban J connectivity index is 4.01. The summed E-state index contributed by atoms with van der Waals surface area (Å²) in [5.41, 5.74) is 0. The standard InChI is InChI=1S/C8H17Ge/c1-6-9(7(2)3)8(4)5/h6-8H,1H2,2-5H3. The van der Waals surface area contributed by atoms with Crippen molar-refractivity contribution < 1.29 is 0 Å². The number of hydrogen-bond acceptors (Lipinski definition) is 0. The van der Waals surface area contributed by atoms with E-state index in [-0.39, 0.29) is 0 Å². The Morgan fingerprint density at radius 2 is 1.44 bits per heavy atom. The molecule has 0 amide bonds. The minimum atomic E-state index is -0.852. The summed E-state index contributed by atoms with van der Waals surface area (Å²) >= 11 is -0.852. The Bertz CT molecular complexity index is 91.1. The van der Waals surface area contributed by atoms with Crippen molar-refractivity contribution >= 4 is 18.8 Å². The molecule has 0 rings (SSSR count). The zero-order valence-electron chi connectivity index (χ0n) is 6.94. The molecule has 0 N–H and O–H groups in total. The zero-order chi connectivity index (χ0) is 7.44. The second-order valence-electron chi connectivity index (χ2n) is 3.01. The van der Waals surface area contributed by atoms with Crippen LogP contribution in [0.25, 0.3) is 0 Å². The van der Waals surface area contributed by atoms with Gasteiger partial charge in [-0.2, -0.15) is 0 Å². The third-order valence-corrected chi connectivity index (χ3v) is 8.15. The molecule has 1 heteroatoms. The van der Waals surface area contributed by atoms with Gasteiger partial charge in [0.05, 0.1) is 0 Å². The first-order valence-electron chi connectivity index (χ1n) is 3.58. The SMILES string of the molecule is [CH2][CH]=[Ge]([CH](C)C)[CH](C)C. The van der Waals surface area contributed by atoms with Crippen LogP contribution in [0.4, 0.5) is 0 Å². The van der Waals surface area contributed by atoms with Crippen molar-refractivity contribution in [3.63, 3.8) is 0 Å². The topological polar surface area (TPSA) is 0 Å². The Kier molecular flexibility index (Phi) is 4.46. The first-order valence-corrected chi connectivity index (χ1v) is 7.22. The summed E-state index contributed by atoms with van der Waals surface area (Å²) < 4.78 is 1.81. The number of hydrogen-bond donors (Lipinski definition) is 0. The molecule has 0 saturated carbocycles. The van der Waals surface area contributed by atoms with Crippen LogP contribution < -0.4 is 0 Å². The molecule has 0 heterocycles. The van der Waals surface area contributed by atoms with Crippen LogP contribution >= 0.6 is 0 Å².